The van der Waals surface area contributed by atoms with Crippen LogP contribution in [0.1, 0.15) is 66.0 Å². The van der Waals surface area contributed by atoms with Crippen LogP contribution >= 0.6 is 0 Å². The Balaban J connectivity index is 1.41. The van der Waals surface area contributed by atoms with E-state index in [1.165, 1.54) is 16.4 Å². The summed E-state index contributed by atoms with van der Waals surface area (Å²) in [5.41, 5.74) is 0.798. The summed E-state index contributed by atoms with van der Waals surface area (Å²) in [6, 6.07) is 7.64. The van der Waals surface area contributed by atoms with Gasteiger partial charge in [0.15, 0.2) is 5.58 Å². The Morgan fingerprint density at radius 2 is 2.03 bits per heavy atom. The average molecular weight is 413 g/mol. The van der Waals surface area contributed by atoms with Crippen LogP contribution in [0.25, 0.3) is 11.0 Å². The maximum Gasteiger partial charge on any atom is 0.257 e. The van der Waals surface area contributed by atoms with Crippen LogP contribution in [0.4, 0.5) is 0 Å². The van der Waals surface area contributed by atoms with E-state index < -0.39 is 24.5 Å². The van der Waals surface area contributed by atoms with E-state index in [1.807, 2.05) is 24.3 Å². The summed E-state index contributed by atoms with van der Waals surface area (Å²) >= 11 is 0. The first kappa shape index (κ1) is 15.3. The molecule has 0 radical (unpaired) electrons. The van der Waals surface area contributed by atoms with E-state index >= 15 is 0 Å². The highest BCUT2D eigenvalue weighted by Crippen LogP contribution is 2.32. The molecule has 2 aromatic heterocycles. The lowest BCUT2D eigenvalue weighted by molar-refractivity contribution is 0.129. The zero-order valence-electron chi connectivity index (χ0n) is 21.0. The van der Waals surface area contributed by atoms with Crippen molar-refractivity contribution in [1.82, 2.24) is 19.6 Å². The fourth-order valence-electron chi connectivity index (χ4n) is 4.47. The maximum absolute atomic E-state index is 13.3. The molecule has 0 aliphatic carbocycles. The van der Waals surface area contributed by atoms with Gasteiger partial charge in [-0.2, -0.15) is 0 Å². The quantitative estimate of drug-likeness (QED) is 0.709. The molecular formula is C23H28N4O3. The van der Waals surface area contributed by atoms with E-state index in [4.69, 9.17) is 10.0 Å². The van der Waals surface area contributed by atoms with Crippen molar-refractivity contribution in [3.63, 3.8) is 0 Å². The minimum atomic E-state index is -2.60. The van der Waals surface area contributed by atoms with Crippen molar-refractivity contribution >= 4 is 11.0 Å². The largest absolute Gasteiger partial charge is 0.385 e. The Hall–Kier alpha value is -2.51. The molecule has 1 aromatic carbocycles. The number of piperidine rings is 1. The molecule has 1 saturated heterocycles. The highest BCUT2D eigenvalue weighted by molar-refractivity contribution is 5.79. The van der Waals surface area contributed by atoms with Crippen LogP contribution < -0.4 is 5.56 Å². The summed E-state index contributed by atoms with van der Waals surface area (Å²) in [5.74, 6) is 0.315. The standard InChI is InChI=1S/C23H28N4O3/c1-15-17(23(29)27-11-4-6-19(28)22(27)24-15)10-14-26-12-8-16(9-13-26)21-18-5-2-3-7-20(18)30-25-21/h2-3,5,7,16,19,28H,4,6,8-14H2,1H3/i10D2,14D2. The normalized spacial score (nSPS) is 23.5. The molecule has 7 heteroatoms. The summed E-state index contributed by atoms with van der Waals surface area (Å²) in [4.78, 5) is 19.1. The molecule has 0 amide bonds. The number of aliphatic hydroxyl groups excluding tert-OH is 1. The Morgan fingerprint density at radius 1 is 1.23 bits per heavy atom. The fourth-order valence-corrected chi connectivity index (χ4v) is 4.47. The molecule has 7 nitrogen and oxygen atoms in total. The number of rotatable bonds is 4. The van der Waals surface area contributed by atoms with Gasteiger partial charge in [0.1, 0.15) is 11.9 Å². The van der Waals surface area contributed by atoms with Crippen LogP contribution in [0.2, 0.25) is 0 Å². The molecule has 1 atom stereocenters. The predicted octanol–water partition coefficient (Wildman–Crippen LogP) is 2.94. The van der Waals surface area contributed by atoms with Gasteiger partial charge in [-0.25, -0.2) is 4.98 Å². The van der Waals surface area contributed by atoms with Gasteiger partial charge in [-0.3, -0.25) is 9.36 Å². The third-order valence-electron chi connectivity index (χ3n) is 6.16. The first-order valence-corrected chi connectivity index (χ1v) is 10.5. The molecular weight excluding hydrogens is 380 g/mol. The summed E-state index contributed by atoms with van der Waals surface area (Å²) in [5, 5.41) is 15.4. The topological polar surface area (TPSA) is 84.4 Å². The van der Waals surface area contributed by atoms with Gasteiger partial charge in [0, 0.05) is 41.1 Å². The van der Waals surface area contributed by atoms with Crippen molar-refractivity contribution in [1.29, 1.82) is 0 Å². The Bertz CT molecular complexity index is 1280. The van der Waals surface area contributed by atoms with Crippen molar-refractivity contribution < 1.29 is 15.1 Å². The molecule has 1 unspecified atom stereocenters. The van der Waals surface area contributed by atoms with Crippen LogP contribution in [0.3, 0.4) is 0 Å². The zero-order valence-corrected chi connectivity index (χ0v) is 17.0. The molecule has 1 fully saturated rings. The van der Waals surface area contributed by atoms with Gasteiger partial charge in [0.2, 0.25) is 0 Å². The maximum atomic E-state index is 13.3. The van der Waals surface area contributed by atoms with Gasteiger partial charge in [-0.15, -0.1) is 0 Å². The first-order valence-electron chi connectivity index (χ1n) is 12.5. The summed E-state index contributed by atoms with van der Waals surface area (Å²) in [6.45, 7) is 0.0412. The number of aliphatic hydroxyl groups is 1. The van der Waals surface area contributed by atoms with Gasteiger partial charge in [0.05, 0.1) is 5.69 Å². The molecule has 4 heterocycles. The monoisotopic (exact) mass is 412 g/mol. The van der Waals surface area contributed by atoms with Gasteiger partial charge in [-0.1, -0.05) is 17.3 Å². The number of hydrogen-bond acceptors (Lipinski definition) is 6. The minimum absolute atomic E-state index is 0.0841. The van der Waals surface area contributed by atoms with Crippen molar-refractivity contribution in [2.45, 2.75) is 57.5 Å². The lowest BCUT2D eigenvalue weighted by Crippen LogP contribution is -2.37. The van der Waals surface area contributed by atoms with Crippen LogP contribution in [0.5, 0.6) is 0 Å². The van der Waals surface area contributed by atoms with E-state index in [0.29, 0.717) is 50.9 Å². The van der Waals surface area contributed by atoms with E-state index in [-0.39, 0.29) is 23.0 Å². The minimum Gasteiger partial charge on any atom is -0.385 e. The number of aryl methyl sites for hydroxylation is 1. The van der Waals surface area contributed by atoms with Crippen LogP contribution in [0.15, 0.2) is 33.6 Å². The van der Waals surface area contributed by atoms with E-state index in [1.54, 1.807) is 0 Å². The van der Waals surface area contributed by atoms with E-state index in [9.17, 15) is 9.90 Å². The van der Waals surface area contributed by atoms with Crippen LogP contribution in [-0.2, 0) is 12.9 Å². The third-order valence-corrected chi connectivity index (χ3v) is 6.16. The summed E-state index contributed by atoms with van der Waals surface area (Å²) in [7, 11) is 0. The zero-order chi connectivity index (χ0) is 24.3. The number of aromatic nitrogens is 3. The number of benzene rings is 1. The van der Waals surface area contributed by atoms with E-state index in [2.05, 4.69) is 10.1 Å². The average Bonchev–Trinajstić information content (AvgIpc) is 3.24. The first-order chi connectivity index (χ1) is 16.1. The molecule has 0 saturated carbocycles. The van der Waals surface area contributed by atoms with Gasteiger partial charge in [0.25, 0.3) is 5.56 Å². The predicted molar refractivity (Wildman–Crippen MR) is 114 cm³/mol. The summed E-state index contributed by atoms with van der Waals surface area (Å²) < 4.78 is 41.8. The number of likely N-dealkylation sites (tertiary alicyclic amines) is 1. The lowest BCUT2D eigenvalue weighted by Gasteiger charge is -2.31. The Labute approximate surface area is 180 Å². The molecule has 30 heavy (non-hydrogen) atoms. The second-order valence-corrected chi connectivity index (χ2v) is 8.11. The smallest absolute Gasteiger partial charge is 0.257 e. The Kier molecular flexibility index (Phi) is 4.07. The lowest BCUT2D eigenvalue weighted by atomic mass is 9.91. The number of hydrogen-bond donors (Lipinski definition) is 1. The Morgan fingerprint density at radius 3 is 2.87 bits per heavy atom. The van der Waals surface area contributed by atoms with E-state index in [0.717, 1.165) is 11.1 Å². The number of para-hydroxylation sites is 1. The second-order valence-electron chi connectivity index (χ2n) is 8.11. The molecule has 2 aliphatic heterocycles. The number of fused-ring (bicyclic) bond motifs is 2. The molecule has 3 aromatic rings. The molecule has 158 valence electrons. The second kappa shape index (κ2) is 7.96. The SMILES string of the molecule is [2H]C([2H])(c1c(C)nc2n(c1=O)CCCC2O)C([2H])([2H])N1CCC(c2noc3ccccc23)CC1. The van der Waals surface area contributed by atoms with Gasteiger partial charge < -0.3 is 14.5 Å². The molecule has 5 rings (SSSR count). The van der Waals surface area contributed by atoms with Crippen molar-refractivity contribution in [2.24, 2.45) is 0 Å². The number of nitrogens with zero attached hydrogens (tertiary/aromatic N) is 4. The van der Waals surface area contributed by atoms with Crippen LogP contribution in [0, 0.1) is 6.92 Å². The molecule has 2 aliphatic rings. The fraction of sp³-hybridized carbons (Fsp3) is 0.522. The van der Waals surface area contributed by atoms with Crippen molar-refractivity contribution in [2.75, 3.05) is 19.6 Å². The molecule has 1 N–H and O–H groups in total. The molecule has 0 bridgehead atoms. The van der Waals surface area contributed by atoms with Crippen LogP contribution in [-0.4, -0.2) is 44.3 Å². The van der Waals surface area contributed by atoms with Gasteiger partial charge in [-0.05, 0) is 64.2 Å². The summed E-state index contributed by atoms with van der Waals surface area (Å²) in [6.07, 6.45) is -1.20. The highest BCUT2D eigenvalue weighted by atomic mass is 16.5. The molecule has 0 spiro atoms. The van der Waals surface area contributed by atoms with Gasteiger partial charge >= 0.3 is 0 Å². The third kappa shape index (κ3) is 3.46. The van der Waals surface area contributed by atoms with Crippen molar-refractivity contribution in [3.8, 4) is 0 Å². The van der Waals surface area contributed by atoms with Crippen molar-refractivity contribution in [3.05, 3.63) is 57.4 Å². The highest BCUT2D eigenvalue weighted by Gasteiger charge is 2.26.